The van der Waals surface area contributed by atoms with Gasteiger partial charge in [-0.2, -0.15) is 0 Å². The molecule has 2 N–H and O–H groups in total. The van der Waals surface area contributed by atoms with Gasteiger partial charge in [0.05, 0.1) is 36.5 Å². The number of rotatable bonds is 14. The maximum atomic E-state index is 15.0. The molecule has 14 heteroatoms. The Bertz CT molecular complexity index is 2400. The SMILES string of the molecule is C=C[C@H]1C[C@]1(NC(=O)[C@@H]1C[C@@H](Oc2cc(-c3ccccc3)nc3cc(OC)ccc23)CN1C(=O)[C@@H](CC(=O)N1CCCCC1)C(C)(C)C)C(=O)NS(=O)(=O)Cc1ccccc1. The molecule has 1 aliphatic carbocycles. The van der Waals surface area contributed by atoms with Gasteiger partial charge >= 0.3 is 0 Å². The molecule has 322 valence electrons. The van der Waals surface area contributed by atoms with Crippen molar-refractivity contribution < 1.29 is 37.1 Å². The molecule has 5 atom stereocenters. The van der Waals surface area contributed by atoms with Crippen LogP contribution in [0.2, 0.25) is 0 Å². The van der Waals surface area contributed by atoms with Gasteiger partial charge < -0.3 is 24.6 Å². The van der Waals surface area contributed by atoms with Crippen molar-refractivity contribution in [2.24, 2.45) is 17.3 Å². The topological polar surface area (TPSA) is 164 Å². The second-order valence-corrected chi connectivity index (χ2v) is 19.2. The van der Waals surface area contributed by atoms with E-state index in [0.717, 1.165) is 24.8 Å². The third-order valence-electron chi connectivity index (χ3n) is 12.1. The standard InChI is InChI=1S/C47H55N5O8S/c1-6-33-28-47(33,45(56)50-61(57,58)30-31-16-10-7-11-17-31)49-43(54)40-25-35(29-52(40)44(55)37(46(2,3)4)26-42(53)51-22-14-9-15-23-51)60-41-27-38(32-18-12-8-13-19-32)48-39-24-34(59-5)20-21-36(39)41/h6-8,10-13,16-21,24,27,33,35,37,40H,1,9,14-15,22-23,25-26,28-30H2,2-5H3,(H,49,54)(H,50,56)/t33-,35+,37+,40-,47+/m0/s1. The summed E-state index contributed by atoms with van der Waals surface area (Å²) < 4.78 is 40.9. The second-order valence-electron chi connectivity index (χ2n) is 17.5. The summed E-state index contributed by atoms with van der Waals surface area (Å²) in [6, 6.07) is 24.3. The van der Waals surface area contributed by atoms with Crippen molar-refractivity contribution >= 4 is 44.6 Å². The molecule has 2 saturated heterocycles. The predicted molar refractivity (Wildman–Crippen MR) is 233 cm³/mol. The molecule has 0 unspecified atom stereocenters. The quantitative estimate of drug-likeness (QED) is 0.144. The monoisotopic (exact) mass is 849 g/mol. The third kappa shape index (κ3) is 9.75. The number of pyridine rings is 1. The smallest absolute Gasteiger partial charge is 0.259 e. The summed E-state index contributed by atoms with van der Waals surface area (Å²) in [7, 11) is -2.56. The Morgan fingerprint density at radius 3 is 2.30 bits per heavy atom. The lowest BCUT2D eigenvalue weighted by Gasteiger charge is -2.36. The molecule has 0 spiro atoms. The number of sulfonamides is 1. The summed E-state index contributed by atoms with van der Waals surface area (Å²) in [4.78, 5) is 65.5. The summed E-state index contributed by atoms with van der Waals surface area (Å²) in [6.07, 6.45) is 3.84. The summed E-state index contributed by atoms with van der Waals surface area (Å²) in [5, 5.41) is 3.57. The number of hydrogen-bond acceptors (Lipinski definition) is 9. The van der Waals surface area contributed by atoms with E-state index in [4.69, 9.17) is 14.5 Å². The van der Waals surface area contributed by atoms with Crippen LogP contribution in [0.15, 0.2) is 97.6 Å². The summed E-state index contributed by atoms with van der Waals surface area (Å²) in [5.74, 6) is -2.66. The summed E-state index contributed by atoms with van der Waals surface area (Å²) in [6.45, 7) is 10.9. The number of piperidine rings is 1. The number of fused-ring (bicyclic) bond motifs is 1. The van der Waals surface area contributed by atoms with Crippen LogP contribution in [0.5, 0.6) is 11.5 Å². The van der Waals surface area contributed by atoms with Gasteiger partial charge in [0, 0.05) is 54.9 Å². The number of likely N-dealkylation sites (tertiary alicyclic amines) is 2. The molecule has 1 aromatic heterocycles. The fourth-order valence-corrected chi connectivity index (χ4v) is 9.69. The van der Waals surface area contributed by atoms with Crippen molar-refractivity contribution in [3.8, 4) is 22.8 Å². The van der Waals surface area contributed by atoms with Gasteiger partial charge in [-0.1, -0.05) is 87.5 Å². The van der Waals surface area contributed by atoms with Gasteiger partial charge in [-0.25, -0.2) is 13.4 Å². The van der Waals surface area contributed by atoms with Gasteiger partial charge in [0.15, 0.2) is 0 Å². The Labute approximate surface area is 357 Å². The van der Waals surface area contributed by atoms with Crippen LogP contribution >= 0.6 is 0 Å². The largest absolute Gasteiger partial charge is 0.497 e. The van der Waals surface area contributed by atoms with Gasteiger partial charge in [-0.3, -0.25) is 23.9 Å². The molecule has 3 fully saturated rings. The zero-order valence-corrected chi connectivity index (χ0v) is 36.1. The molecule has 3 aliphatic rings. The minimum absolute atomic E-state index is 0.0115. The zero-order valence-electron chi connectivity index (χ0n) is 35.3. The number of benzene rings is 3. The van der Waals surface area contributed by atoms with E-state index < -0.39 is 62.5 Å². The van der Waals surface area contributed by atoms with E-state index in [2.05, 4.69) is 16.6 Å². The summed E-state index contributed by atoms with van der Waals surface area (Å²) >= 11 is 0. The average Bonchev–Trinajstić information content (AvgIpc) is 3.81. The van der Waals surface area contributed by atoms with E-state index in [1.54, 1.807) is 37.4 Å². The highest BCUT2D eigenvalue weighted by Gasteiger charge is 2.61. The molecular formula is C47H55N5O8S. The van der Waals surface area contributed by atoms with Crippen molar-refractivity contribution in [3.63, 3.8) is 0 Å². The van der Waals surface area contributed by atoms with Crippen LogP contribution < -0.4 is 19.5 Å². The Balaban J connectivity index is 1.20. The van der Waals surface area contributed by atoms with Gasteiger partial charge in [0.2, 0.25) is 27.7 Å². The zero-order chi connectivity index (χ0) is 43.5. The molecule has 4 amide bonds. The minimum Gasteiger partial charge on any atom is -0.497 e. The molecule has 61 heavy (non-hydrogen) atoms. The molecule has 7 rings (SSSR count). The number of carbonyl (C=O) groups is 4. The van der Waals surface area contributed by atoms with Crippen molar-refractivity contribution in [2.75, 3.05) is 26.7 Å². The van der Waals surface area contributed by atoms with Gasteiger partial charge in [0.1, 0.15) is 29.2 Å². The number of methoxy groups -OCH3 is 1. The molecule has 1 saturated carbocycles. The van der Waals surface area contributed by atoms with Crippen LogP contribution in [-0.2, 0) is 35.0 Å². The lowest BCUT2D eigenvalue weighted by Crippen LogP contribution is -2.57. The van der Waals surface area contributed by atoms with Crippen molar-refractivity contribution in [1.82, 2.24) is 24.8 Å². The number of nitrogens with one attached hydrogen (secondary N) is 2. The summed E-state index contributed by atoms with van der Waals surface area (Å²) in [5.41, 5.74) is 0.368. The second kappa shape index (κ2) is 17.7. The number of hydrogen-bond donors (Lipinski definition) is 2. The Hall–Kier alpha value is -5.76. The first-order valence-corrected chi connectivity index (χ1v) is 22.6. The molecule has 2 aliphatic heterocycles. The van der Waals surface area contributed by atoms with Crippen molar-refractivity contribution in [1.29, 1.82) is 0 Å². The molecule has 3 aromatic carbocycles. The first-order valence-electron chi connectivity index (χ1n) is 20.9. The van der Waals surface area contributed by atoms with Crippen LogP contribution in [0.4, 0.5) is 0 Å². The maximum absolute atomic E-state index is 15.0. The Morgan fingerprint density at radius 1 is 0.967 bits per heavy atom. The molecule has 0 bridgehead atoms. The Kier molecular flexibility index (Phi) is 12.6. The number of nitrogens with zero attached hydrogens (tertiary/aromatic N) is 3. The van der Waals surface area contributed by atoms with Gasteiger partial charge in [0.25, 0.3) is 5.91 Å². The highest BCUT2D eigenvalue weighted by Crippen LogP contribution is 2.45. The fourth-order valence-electron chi connectivity index (χ4n) is 8.52. The van der Waals surface area contributed by atoms with Crippen LogP contribution in [0.25, 0.3) is 22.2 Å². The lowest BCUT2D eigenvalue weighted by molar-refractivity contribution is -0.148. The number of carbonyl (C=O) groups excluding carboxylic acids is 4. The number of ether oxygens (including phenoxy) is 2. The van der Waals surface area contributed by atoms with Gasteiger partial charge in [-0.15, -0.1) is 6.58 Å². The van der Waals surface area contributed by atoms with E-state index in [1.807, 2.05) is 80.3 Å². The lowest BCUT2D eigenvalue weighted by atomic mass is 9.77. The van der Waals surface area contributed by atoms with E-state index in [9.17, 15) is 27.6 Å². The van der Waals surface area contributed by atoms with Crippen LogP contribution in [-0.4, -0.2) is 91.3 Å². The van der Waals surface area contributed by atoms with E-state index >= 15 is 0 Å². The minimum atomic E-state index is -4.14. The first kappa shape index (κ1) is 43.3. The number of aromatic nitrogens is 1. The van der Waals surface area contributed by atoms with E-state index in [0.29, 0.717) is 46.7 Å². The highest BCUT2D eigenvalue weighted by atomic mass is 32.2. The fraction of sp³-hybridized carbons (Fsp3) is 0.426. The molecule has 3 heterocycles. The van der Waals surface area contributed by atoms with Crippen LogP contribution in [0, 0.1) is 17.3 Å². The molecule has 0 radical (unpaired) electrons. The maximum Gasteiger partial charge on any atom is 0.259 e. The van der Waals surface area contributed by atoms with Gasteiger partial charge in [-0.05, 0) is 48.8 Å². The van der Waals surface area contributed by atoms with E-state index in [-0.39, 0.29) is 37.6 Å². The average molecular weight is 850 g/mol. The Morgan fingerprint density at radius 2 is 1.66 bits per heavy atom. The molecule has 4 aromatic rings. The van der Waals surface area contributed by atoms with E-state index in [1.165, 1.54) is 11.0 Å². The highest BCUT2D eigenvalue weighted by molar-refractivity contribution is 7.89. The first-order chi connectivity index (χ1) is 29.1. The van der Waals surface area contributed by atoms with Crippen LogP contribution in [0.1, 0.15) is 64.9 Å². The molecular weight excluding hydrogens is 795 g/mol. The predicted octanol–water partition coefficient (Wildman–Crippen LogP) is 6.03. The molecule has 13 nitrogen and oxygen atoms in total. The van der Waals surface area contributed by atoms with Crippen molar-refractivity contribution in [2.45, 2.75) is 82.7 Å². The van der Waals surface area contributed by atoms with Crippen LogP contribution in [0.3, 0.4) is 0 Å². The number of amides is 4. The normalized spacial score (nSPS) is 21.9. The van der Waals surface area contributed by atoms with Crippen molar-refractivity contribution in [3.05, 3.63) is 103 Å². The third-order valence-corrected chi connectivity index (χ3v) is 13.3.